The monoisotopic (exact) mass is 322 g/mol. The number of benzene rings is 1. The molecule has 0 aliphatic heterocycles. The predicted octanol–water partition coefficient (Wildman–Crippen LogP) is 3.34. The van der Waals surface area contributed by atoms with Gasteiger partial charge >= 0.3 is 0 Å². The molecule has 0 unspecified atom stereocenters. The van der Waals surface area contributed by atoms with Crippen LogP contribution in [0.2, 0.25) is 0 Å². The minimum atomic E-state index is 0.169. The van der Waals surface area contributed by atoms with E-state index in [0.29, 0.717) is 23.5 Å². The first-order valence-corrected chi connectivity index (χ1v) is 7.76. The Balaban J connectivity index is 2.25. The van der Waals surface area contributed by atoms with Crippen LogP contribution < -0.4 is 11.5 Å². The molecule has 0 aliphatic carbocycles. The van der Waals surface area contributed by atoms with E-state index in [1.807, 2.05) is 43.4 Å². The molecule has 0 spiro atoms. The molecule has 2 aromatic rings. The van der Waals surface area contributed by atoms with Gasteiger partial charge < -0.3 is 16.6 Å². The van der Waals surface area contributed by atoms with Crippen molar-refractivity contribution in [3.63, 3.8) is 0 Å². The van der Waals surface area contributed by atoms with Crippen molar-refractivity contribution < 1.29 is 5.11 Å². The zero-order valence-electron chi connectivity index (χ0n) is 13.7. The molecule has 0 atom stereocenters. The molecule has 0 radical (unpaired) electrons. The molecule has 0 saturated heterocycles. The highest BCUT2D eigenvalue weighted by Crippen LogP contribution is 2.28. The first-order valence-electron chi connectivity index (χ1n) is 7.76. The molecular weight excluding hydrogens is 300 g/mol. The zero-order valence-corrected chi connectivity index (χ0v) is 13.7. The van der Waals surface area contributed by atoms with Crippen molar-refractivity contribution >= 4 is 5.82 Å². The van der Waals surface area contributed by atoms with Crippen molar-refractivity contribution in [1.82, 2.24) is 10.2 Å². The molecule has 1 heterocycles. The number of nitrogen functional groups attached to an aromatic ring is 1. The van der Waals surface area contributed by atoms with Crippen molar-refractivity contribution in [2.45, 2.75) is 19.8 Å². The van der Waals surface area contributed by atoms with Crippen LogP contribution in [0, 0.1) is 0 Å². The minimum absolute atomic E-state index is 0.169. The van der Waals surface area contributed by atoms with Crippen LogP contribution in [-0.4, -0.2) is 15.3 Å². The van der Waals surface area contributed by atoms with Crippen LogP contribution in [0.4, 0.5) is 5.82 Å². The summed E-state index contributed by atoms with van der Waals surface area (Å²) < 4.78 is 0. The lowest BCUT2D eigenvalue weighted by Gasteiger charge is -2.08. The second kappa shape index (κ2) is 8.53. The van der Waals surface area contributed by atoms with E-state index >= 15 is 0 Å². The largest absolute Gasteiger partial charge is 0.507 e. The van der Waals surface area contributed by atoms with Crippen LogP contribution in [0.25, 0.3) is 11.3 Å². The van der Waals surface area contributed by atoms with Crippen molar-refractivity contribution in [3.05, 3.63) is 72.0 Å². The van der Waals surface area contributed by atoms with Crippen LogP contribution in [0.5, 0.6) is 5.75 Å². The molecule has 0 amide bonds. The summed E-state index contributed by atoms with van der Waals surface area (Å²) in [6.07, 6.45) is 10.8. The van der Waals surface area contributed by atoms with Gasteiger partial charge in [-0.25, -0.2) is 0 Å². The van der Waals surface area contributed by atoms with E-state index in [1.165, 1.54) is 6.20 Å². The second-order valence-corrected chi connectivity index (χ2v) is 5.28. The molecule has 24 heavy (non-hydrogen) atoms. The summed E-state index contributed by atoms with van der Waals surface area (Å²) >= 11 is 0. The molecule has 0 fully saturated rings. The Morgan fingerprint density at radius 3 is 2.75 bits per heavy atom. The number of rotatable bonds is 6. The lowest BCUT2D eigenvalue weighted by Crippen LogP contribution is -2.02. The van der Waals surface area contributed by atoms with E-state index in [4.69, 9.17) is 11.5 Å². The van der Waals surface area contributed by atoms with E-state index in [0.717, 1.165) is 17.6 Å². The van der Waals surface area contributed by atoms with Crippen LogP contribution in [0.15, 0.2) is 66.4 Å². The molecule has 0 saturated carbocycles. The summed E-state index contributed by atoms with van der Waals surface area (Å²) in [7, 11) is 0. The smallest absolute Gasteiger partial charge is 0.149 e. The van der Waals surface area contributed by atoms with Gasteiger partial charge in [0.2, 0.25) is 0 Å². The van der Waals surface area contributed by atoms with Gasteiger partial charge in [0.05, 0.1) is 5.69 Å². The fraction of sp³-hybridized carbons (Fsp3) is 0.158. The Kier molecular flexibility index (Phi) is 6.14. The van der Waals surface area contributed by atoms with Gasteiger partial charge in [-0.1, -0.05) is 30.4 Å². The lowest BCUT2D eigenvalue weighted by molar-refractivity contribution is 0.477. The molecular formula is C19H22N4O. The predicted molar refractivity (Wildman–Crippen MR) is 98.1 cm³/mol. The normalized spacial score (nSPS) is 12.3. The first-order chi connectivity index (χ1) is 11.7. The van der Waals surface area contributed by atoms with Gasteiger partial charge in [0.25, 0.3) is 0 Å². The van der Waals surface area contributed by atoms with Crippen LogP contribution in [0.3, 0.4) is 0 Å². The van der Waals surface area contributed by atoms with Gasteiger partial charge in [-0.3, -0.25) is 0 Å². The maximum absolute atomic E-state index is 9.97. The molecule has 5 N–H and O–H groups in total. The van der Waals surface area contributed by atoms with E-state index in [-0.39, 0.29) is 5.75 Å². The number of aromatic nitrogens is 2. The highest BCUT2D eigenvalue weighted by molar-refractivity contribution is 5.67. The summed E-state index contributed by atoms with van der Waals surface area (Å²) in [5, 5.41) is 18.1. The van der Waals surface area contributed by atoms with Crippen molar-refractivity contribution in [1.29, 1.82) is 0 Å². The van der Waals surface area contributed by atoms with Crippen molar-refractivity contribution in [2.75, 3.05) is 5.73 Å². The number of phenols is 1. The number of aromatic hydroxyl groups is 1. The van der Waals surface area contributed by atoms with Crippen LogP contribution >= 0.6 is 0 Å². The fourth-order valence-corrected chi connectivity index (χ4v) is 2.31. The number of aryl methyl sites for hydroxylation is 1. The zero-order chi connectivity index (χ0) is 17.4. The number of hydrogen-bond donors (Lipinski definition) is 3. The average Bonchev–Trinajstić information content (AvgIpc) is 2.59. The standard InChI is InChI=1S/C19H22N4O/c1-2-3-6-14(11-12-20)9-10-15-13-17(22-23-19(15)21)16-7-4-5-8-18(16)24/h2-8,11-13,24H,9-10,20H2,1H3,(H2,21,23)/b3-2+,12-11-,14-6-. The van der Waals surface area contributed by atoms with Crippen molar-refractivity contribution in [3.8, 4) is 17.0 Å². The van der Waals surface area contributed by atoms with E-state index < -0.39 is 0 Å². The van der Waals surface area contributed by atoms with Gasteiger partial charge in [-0.15, -0.1) is 10.2 Å². The first kappa shape index (κ1) is 17.3. The number of para-hydroxylation sites is 1. The molecule has 0 bridgehead atoms. The fourth-order valence-electron chi connectivity index (χ4n) is 2.31. The topological polar surface area (TPSA) is 98.0 Å². The Bertz CT molecular complexity index is 779. The quantitative estimate of drug-likeness (QED) is 0.709. The van der Waals surface area contributed by atoms with Gasteiger partial charge in [-0.2, -0.15) is 0 Å². The molecule has 124 valence electrons. The number of hydrogen-bond acceptors (Lipinski definition) is 5. The SMILES string of the molecule is C/C=C/C=C(\C=C/N)CCc1cc(-c2ccccc2O)nnc1N. The number of phenolic OH excluding ortho intramolecular Hbond substituents is 1. The third-order valence-electron chi connectivity index (χ3n) is 3.58. The van der Waals surface area contributed by atoms with Crippen LogP contribution in [-0.2, 0) is 6.42 Å². The Labute approximate surface area is 142 Å². The van der Waals surface area contributed by atoms with Crippen molar-refractivity contribution in [2.24, 2.45) is 5.73 Å². The summed E-state index contributed by atoms with van der Waals surface area (Å²) in [5.74, 6) is 0.568. The van der Waals surface area contributed by atoms with Gasteiger partial charge in [0.15, 0.2) is 0 Å². The van der Waals surface area contributed by atoms with E-state index in [9.17, 15) is 5.11 Å². The van der Waals surface area contributed by atoms with Gasteiger partial charge in [-0.05, 0) is 61.4 Å². The third kappa shape index (κ3) is 4.46. The molecule has 0 aliphatic rings. The number of nitrogens with two attached hydrogens (primary N) is 2. The van der Waals surface area contributed by atoms with Gasteiger partial charge in [0.1, 0.15) is 11.6 Å². The number of anilines is 1. The third-order valence-corrected chi connectivity index (χ3v) is 3.58. The summed E-state index contributed by atoms with van der Waals surface area (Å²) in [4.78, 5) is 0. The average molecular weight is 322 g/mol. The molecule has 5 heteroatoms. The Morgan fingerprint density at radius 2 is 2.04 bits per heavy atom. The second-order valence-electron chi connectivity index (χ2n) is 5.28. The molecule has 5 nitrogen and oxygen atoms in total. The maximum Gasteiger partial charge on any atom is 0.149 e. The van der Waals surface area contributed by atoms with Gasteiger partial charge in [0, 0.05) is 5.56 Å². The Morgan fingerprint density at radius 1 is 1.25 bits per heavy atom. The van der Waals surface area contributed by atoms with Crippen LogP contribution in [0.1, 0.15) is 18.9 Å². The summed E-state index contributed by atoms with van der Waals surface area (Å²) in [5.41, 5.74) is 14.7. The van der Waals surface area contributed by atoms with E-state index in [1.54, 1.807) is 18.2 Å². The highest BCUT2D eigenvalue weighted by atomic mass is 16.3. The number of nitrogens with zero attached hydrogens (tertiary/aromatic N) is 2. The minimum Gasteiger partial charge on any atom is -0.507 e. The Hall–Kier alpha value is -3.08. The molecule has 2 rings (SSSR count). The maximum atomic E-state index is 9.97. The summed E-state index contributed by atoms with van der Waals surface area (Å²) in [6.45, 7) is 1.96. The number of allylic oxidation sites excluding steroid dienone is 5. The molecule has 1 aromatic heterocycles. The summed E-state index contributed by atoms with van der Waals surface area (Å²) in [6, 6.07) is 8.90. The lowest BCUT2D eigenvalue weighted by atomic mass is 10.0. The van der Waals surface area contributed by atoms with E-state index in [2.05, 4.69) is 10.2 Å². The highest BCUT2D eigenvalue weighted by Gasteiger charge is 2.09. The molecule has 1 aromatic carbocycles.